The zero-order valence-corrected chi connectivity index (χ0v) is 14.5. The Kier molecular flexibility index (Phi) is 4.90. The fraction of sp³-hybridized carbons (Fsp3) is 0.667. The lowest BCUT2D eigenvalue weighted by atomic mass is 9.55. The van der Waals surface area contributed by atoms with Crippen molar-refractivity contribution in [3.8, 4) is 5.75 Å². The smallest absolute Gasteiger partial charge is 0.120 e. The van der Waals surface area contributed by atoms with E-state index in [0.717, 1.165) is 23.2 Å². The van der Waals surface area contributed by atoms with Gasteiger partial charge in [-0.1, -0.05) is 48.2 Å². The monoisotopic (exact) mass is 351 g/mol. The Morgan fingerprint density at radius 1 is 1.29 bits per heavy atom. The predicted octanol–water partition coefficient (Wildman–Crippen LogP) is 4.92. The van der Waals surface area contributed by atoms with Crippen molar-refractivity contribution < 1.29 is 4.74 Å². The molecule has 2 aliphatic rings. The number of ether oxygens (including phenoxy) is 1. The highest BCUT2D eigenvalue weighted by molar-refractivity contribution is 9.10. The number of benzene rings is 1. The molecule has 2 fully saturated rings. The van der Waals surface area contributed by atoms with Crippen LogP contribution in [-0.2, 0) is 0 Å². The number of nitrogens with one attached hydrogen (secondary N) is 1. The maximum Gasteiger partial charge on any atom is 0.120 e. The summed E-state index contributed by atoms with van der Waals surface area (Å²) < 4.78 is 7.46. The van der Waals surface area contributed by atoms with Gasteiger partial charge in [0.15, 0.2) is 0 Å². The van der Waals surface area contributed by atoms with Gasteiger partial charge in [0.1, 0.15) is 11.9 Å². The van der Waals surface area contributed by atoms with Crippen molar-refractivity contribution in [1.82, 2.24) is 5.32 Å². The van der Waals surface area contributed by atoms with E-state index in [1.165, 1.54) is 38.5 Å². The van der Waals surface area contributed by atoms with Gasteiger partial charge in [0.25, 0.3) is 0 Å². The van der Waals surface area contributed by atoms with E-state index in [1.807, 2.05) is 0 Å². The second kappa shape index (κ2) is 6.70. The molecule has 3 heteroatoms. The van der Waals surface area contributed by atoms with Crippen LogP contribution in [0, 0.1) is 5.41 Å². The lowest BCUT2D eigenvalue weighted by Crippen LogP contribution is -2.65. The van der Waals surface area contributed by atoms with Gasteiger partial charge in [0.05, 0.1) is 0 Å². The molecular formula is C18H26BrNO. The first kappa shape index (κ1) is 15.4. The van der Waals surface area contributed by atoms with E-state index in [4.69, 9.17) is 4.74 Å². The molecule has 21 heavy (non-hydrogen) atoms. The zero-order chi connectivity index (χ0) is 14.7. The van der Waals surface area contributed by atoms with Gasteiger partial charge in [-0.3, -0.25) is 0 Å². The van der Waals surface area contributed by atoms with Crippen molar-refractivity contribution in [2.24, 2.45) is 5.41 Å². The van der Waals surface area contributed by atoms with E-state index < -0.39 is 0 Å². The summed E-state index contributed by atoms with van der Waals surface area (Å²) in [6.07, 6.45) is 9.54. The molecule has 2 aliphatic carbocycles. The molecule has 1 aromatic rings. The van der Waals surface area contributed by atoms with E-state index in [-0.39, 0.29) is 0 Å². The fourth-order valence-electron chi connectivity index (χ4n) is 4.10. The predicted molar refractivity (Wildman–Crippen MR) is 90.8 cm³/mol. The Bertz CT molecular complexity index is 470. The third kappa shape index (κ3) is 3.14. The molecule has 0 radical (unpaired) electrons. The van der Waals surface area contributed by atoms with Crippen LogP contribution in [0.4, 0.5) is 0 Å². The van der Waals surface area contributed by atoms with Gasteiger partial charge < -0.3 is 10.1 Å². The van der Waals surface area contributed by atoms with E-state index in [2.05, 4.69) is 52.4 Å². The second-order valence-electron chi connectivity index (χ2n) is 6.60. The largest absolute Gasteiger partial charge is 0.490 e. The van der Waals surface area contributed by atoms with Crippen molar-refractivity contribution in [3.63, 3.8) is 0 Å². The highest BCUT2D eigenvalue weighted by Gasteiger charge is 2.56. The fourth-order valence-corrected chi connectivity index (χ4v) is 4.48. The van der Waals surface area contributed by atoms with Crippen LogP contribution in [0.5, 0.6) is 5.75 Å². The molecule has 0 heterocycles. The zero-order valence-electron chi connectivity index (χ0n) is 12.9. The minimum absolute atomic E-state index is 0.385. The average Bonchev–Trinajstić information content (AvgIpc) is 2.51. The SMILES string of the molecule is CCCNC1CC(Oc2cccc(Br)c2)C12CCCCC2. The van der Waals surface area contributed by atoms with E-state index in [1.54, 1.807) is 0 Å². The summed E-state index contributed by atoms with van der Waals surface area (Å²) in [7, 11) is 0. The number of rotatable bonds is 5. The van der Waals surface area contributed by atoms with Crippen molar-refractivity contribution in [1.29, 1.82) is 0 Å². The molecule has 116 valence electrons. The normalized spacial score (nSPS) is 27.3. The van der Waals surface area contributed by atoms with Crippen LogP contribution in [0.25, 0.3) is 0 Å². The molecule has 2 unspecified atom stereocenters. The first-order valence-corrected chi connectivity index (χ1v) is 9.19. The Balaban J connectivity index is 1.70. The maximum absolute atomic E-state index is 6.36. The van der Waals surface area contributed by atoms with Crippen LogP contribution in [0.3, 0.4) is 0 Å². The Hall–Kier alpha value is -0.540. The van der Waals surface area contributed by atoms with Crippen LogP contribution in [0.1, 0.15) is 51.9 Å². The first-order chi connectivity index (χ1) is 10.2. The van der Waals surface area contributed by atoms with Gasteiger partial charge >= 0.3 is 0 Å². The highest BCUT2D eigenvalue weighted by atomic mass is 79.9. The van der Waals surface area contributed by atoms with Crippen molar-refractivity contribution in [2.45, 2.75) is 64.0 Å². The van der Waals surface area contributed by atoms with Gasteiger partial charge in [-0.25, -0.2) is 0 Å². The van der Waals surface area contributed by atoms with Crippen molar-refractivity contribution in [2.75, 3.05) is 6.54 Å². The molecule has 2 saturated carbocycles. The van der Waals surface area contributed by atoms with Gasteiger partial charge in [-0.05, 0) is 44.0 Å². The average molecular weight is 352 g/mol. The maximum atomic E-state index is 6.36. The Labute approximate surface area is 136 Å². The summed E-state index contributed by atoms with van der Waals surface area (Å²) in [6.45, 7) is 3.38. The summed E-state index contributed by atoms with van der Waals surface area (Å²) in [5.74, 6) is 1.01. The lowest BCUT2D eigenvalue weighted by molar-refractivity contribution is -0.103. The van der Waals surface area contributed by atoms with Gasteiger partial charge in [0, 0.05) is 22.4 Å². The Morgan fingerprint density at radius 2 is 2.10 bits per heavy atom. The summed E-state index contributed by atoms with van der Waals surface area (Å²) in [5, 5.41) is 3.77. The van der Waals surface area contributed by atoms with E-state index in [0.29, 0.717) is 17.6 Å². The third-order valence-electron chi connectivity index (χ3n) is 5.28. The molecule has 1 N–H and O–H groups in total. The van der Waals surface area contributed by atoms with Crippen LogP contribution in [-0.4, -0.2) is 18.7 Å². The standard InChI is InChI=1S/C18H26BrNO/c1-2-11-20-16-13-17(18(16)9-4-3-5-10-18)21-15-8-6-7-14(19)12-15/h6-8,12,16-17,20H,2-5,9-11,13H2,1H3. The molecule has 2 atom stereocenters. The van der Waals surface area contributed by atoms with E-state index in [9.17, 15) is 0 Å². The summed E-state index contributed by atoms with van der Waals surface area (Å²) in [5.41, 5.74) is 0.385. The number of hydrogen-bond acceptors (Lipinski definition) is 2. The van der Waals surface area contributed by atoms with Crippen molar-refractivity contribution >= 4 is 15.9 Å². The molecule has 0 aromatic heterocycles. The topological polar surface area (TPSA) is 21.3 Å². The third-order valence-corrected chi connectivity index (χ3v) is 5.78. The summed E-state index contributed by atoms with van der Waals surface area (Å²) in [4.78, 5) is 0. The molecule has 1 spiro atoms. The molecule has 0 amide bonds. The summed E-state index contributed by atoms with van der Waals surface area (Å²) >= 11 is 3.53. The minimum Gasteiger partial charge on any atom is -0.490 e. The molecule has 0 aliphatic heterocycles. The van der Waals surface area contributed by atoms with Crippen LogP contribution in [0.2, 0.25) is 0 Å². The van der Waals surface area contributed by atoms with Gasteiger partial charge in [-0.2, -0.15) is 0 Å². The molecule has 2 nitrogen and oxygen atoms in total. The minimum atomic E-state index is 0.385. The molecular weight excluding hydrogens is 326 g/mol. The lowest BCUT2D eigenvalue weighted by Gasteiger charge is -2.57. The van der Waals surface area contributed by atoms with Crippen LogP contribution in [0.15, 0.2) is 28.7 Å². The second-order valence-corrected chi connectivity index (χ2v) is 7.52. The van der Waals surface area contributed by atoms with Gasteiger partial charge in [-0.15, -0.1) is 0 Å². The summed E-state index contributed by atoms with van der Waals surface area (Å²) in [6, 6.07) is 8.93. The number of halogens is 1. The van der Waals surface area contributed by atoms with Crippen molar-refractivity contribution in [3.05, 3.63) is 28.7 Å². The molecule has 1 aromatic carbocycles. The van der Waals surface area contributed by atoms with Crippen LogP contribution < -0.4 is 10.1 Å². The highest BCUT2D eigenvalue weighted by Crippen LogP contribution is 2.53. The van der Waals surface area contributed by atoms with Crippen LogP contribution >= 0.6 is 15.9 Å². The molecule has 0 saturated heterocycles. The molecule has 0 bridgehead atoms. The van der Waals surface area contributed by atoms with E-state index >= 15 is 0 Å². The quantitative estimate of drug-likeness (QED) is 0.812. The van der Waals surface area contributed by atoms with Gasteiger partial charge in [0.2, 0.25) is 0 Å². The first-order valence-electron chi connectivity index (χ1n) is 8.40. The molecule has 3 rings (SSSR count). The Morgan fingerprint density at radius 3 is 2.81 bits per heavy atom. The number of hydrogen-bond donors (Lipinski definition) is 1.